The molecule has 0 bridgehead atoms. The molecule has 0 spiro atoms. The average molecular weight is 327 g/mol. The molecule has 1 aliphatic rings. The molecule has 4 N–H and O–H groups in total. The number of aliphatic imine (C=N–C) groups is 1. The number of aliphatic hydroxyl groups is 1. The zero-order chi connectivity index (χ0) is 16.7. The monoisotopic (exact) mass is 327 g/mol. The number of carbonyl (C=O) groups is 1. The number of aryl methyl sites for hydroxylation is 2. The van der Waals surface area contributed by atoms with Crippen molar-refractivity contribution in [2.75, 3.05) is 5.32 Å². The molecule has 2 rings (SSSR count). The van der Waals surface area contributed by atoms with Crippen molar-refractivity contribution in [3.05, 3.63) is 23.3 Å². The summed E-state index contributed by atoms with van der Waals surface area (Å²) in [6, 6.07) is 1.89. The van der Waals surface area contributed by atoms with Crippen LogP contribution < -0.4 is 10.0 Å². The van der Waals surface area contributed by atoms with Crippen molar-refractivity contribution in [3.63, 3.8) is 0 Å². The number of hydrogen-bond donors (Lipinski definition) is 4. The predicted molar refractivity (Wildman–Crippen MR) is 80.4 cm³/mol. The number of nitrogens with zero attached hydrogens (tertiary/aromatic N) is 1. The maximum atomic E-state index is 12.3. The van der Waals surface area contributed by atoms with E-state index in [0.29, 0.717) is 11.3 Å². The van der Waals surface area contributed by atoms with Crippen molar-refractivity contribution >= 4 is 27.6 Å². The topological polar surface area (TPSA) is 128 Å². The van der Waals surface area contributed by atoms with Crippen molar-refractivity contribution < 1.29 is 23.4 Å². The van der Waals surface area contributed by atoms with Crippen LogP contribution in [0.1, 0.15) is 18.1 Å². The van der Waals surface area contributed by atoms with Crippen LogP contribution >= 0.6 is 0 Å². The number of fused-ring (bicyclic) bond motifs is 1. The smallest absolute Gasteiger partial charge is 0.331 e. The second-order valence-corrected chi connectivity index (χ2v) is 6.81. The van der Waals surface area contributed by atoms with Gasteiger partial charge in [0.25, 0.3) is 10.0 Å². The van der Waals surface area contributed by atoms with Crippen LogP contribution in [-0.4, -0.2) is 42.7 Å². The zero-order valence-corrected chi connectivity index (χ0v) is 13.1. The first-order valence-corrected chi connectivity index (χ1v) is 8.00. The van der Waals surface area contributed by atoms with Gasteiger partial charge in [-0.1, -0.05) is 6.07 Å². The van der Waals surface area contributed by atoms with Crippen molar-refractivity contribution in [2.24, 2.45) is 4.99 Å². The van der Waals surface area contributed by atoms with Crippen LogP contribution in [-0.2, 0) is 14.8 Å². The second-order valence-electron chi connectivity index (χ2n) is 5.19. The van der Waals surface area contributed by atoms with Crippen molar-refractivity contribution in [1.29, 1.82) is 0 Å². The van der Waals surface area contributed by atoms with Gasteiger partial charge in [-0.15, -0.1) is 0 Å². The van der Waals surface area contributed by atoms with Crippen LogP contribution in [0.5, 0.6) is 0 Å². The van der Waals surface area contributed by atoms with E-state index in [4.69, 9.17) is 5.11 Å². The summed E-state index contributed by atoms with van der Waals surface area (Å²) in [6.45, 7) is 4.75. The molecule has 9 heteroatoms. The molecule has 0 radical (unpaired) electrons. The Kier molecular flexibility index (Phi) is 4.12. The van der Waals surface area contributed by atoms with Crippen LogP contribution in [0.25, 0.3) is 0 Å². The number of hydrogen-bond acceptors (Lipinski definition) is 5. The van der Waals surface area contributed by atoms with Gasteiger partial charge in [-0.2, -0.15) is 0 Å². The average Bonchev–Trinajstić information content (AvgIpc) is 2.32. The molecule has 2 unspecified atom stereocenters. The van der Waals surface area contributed by atoms with E-state index in [2.05, 4.69) is 15.0 Å². The number of guanidine groups is 1. The molecule has 8 nitrogen and oxygen atoms in total. The lowest BCUT2D eigenvalue weighted by Gasteiger charge is -2.24. The zero-order valence-electron chi connectivity index (χ0n) is 12.3. The number of benzene rings is 1. The van der Waals surface area contributed by atoms with Gasteiger partial charge in [-0.25, -0.2) is 22.9 Å². The van der Waals surface area contributed by atoms with Gasteiger partial charge < -0.3 is 15.5 Å². The molecule has 0 saturated heterocycles. The van der Waals surface area contributed by atoms with Gasteiger partial charge in [0.05, 0.1) is 11.8 Å². The highest BCUT2D eigenvalue weighted by Gasteiger charge is 2.31. The van der Waals surface area contributed by atoms with E-state index in [1.165, 1.54) is 6.92 Å². The number of carboxylic acid groups (broad SMARTS) is 1. The summed E-state index contributed by atoms with van der Waals surface area (Å²) in [5.41, 5.74) is 1.75. The van der Waals surface area contributed by atoms with E-state index in [0.717, 1.165) is 5.56 Å². The van der Waals surface area contributed by atoms with Crippen molar-refractivity contribution in [2.45, 2.75) is 37.8 Å². The highest BCUT2D eigenvalue weighted by atomic mass is 32.2. The summed E-state index contributed by atoms with van der Waals surface area (Å²) < 4.78 is 26.8. The first kappa shape index (κ1) is 16.2. The molecule has 0 aliphatic carbocycles. The number of anilines is 1. The largest absolute Gasteiger partial charge is 0.480 e. The number of aliphatic hydroxyl groups excluding tert-OH is 1. The second kappa shape index (κ2) is 5.58. The fourth-order valence-electron chi connectivity index (χ4n) is 2.30. The lowest BCUT2D eigenvalue weighted by molar-refractivity contribution is -0.140. The SMILES string of the molecule is Cc1cc(C)c2c(c1)NC(=NC(C(=O)O)C(C)O)NS2(=O)=O. The van der Waals surface area contributed by atoms with Crippen molar-refractivity contribution in [3.8, 4) is 0 Å². The van der Waals surface area contributed by atoms with Crippen LogP contribution in [0.15, 0.2) is 22.0 Å². The fraction of sp³-hybridized carbons (Fsp3) is 0.385. The van der Waals surface area contributed by atoms with Gasteiger partial charge in [0, 0.05) is 0 Å². The number of rotatable bonds is 3. The minimum Gasteiger partial charge on any atom is -0.480 e. The highest BCUT2D eigenvalue weighted by Crippen LogP contribution is 2.29. The van der Waals surface area contributed by atoms with Gasteiger partial charge in [0.1, 0.15) is 4.90 Å². The summed E-state index contributed by atoms with van der Waals surface area (Å²) in [5, 5.41) is 21.2. The third-order valence-corrected chi connectivity index (χ3v) is 4.69. The Morgan fingerprint density at radius 2 is 1.95 bits per heavy atom. The molecular formula is C13H17N3O5S. The molecule has 1 heterocycles. The highest BCUT2D eigenvalue weighted by molar-refractivity contribution is 7.90. The lowest BCUT2D eigenvalue weighted by atomic mass is 10.1. The first-order chi connectivity index (χ1) is 10.1. The third-order valence-electron chi connectivity index (χ3n) is 3.15. The molecule has 120 valence electrons. The van der Waals surface area contributed by atoms with Gasteiger partial charge in [0.15, 0.2) is 6.04 Å². The third kappa shape index (κ3) is 3.04. The van der Waals surface area contributed by atoms with Gasteiger partial charge in [0.2, 0.25) is 5.96 Å². The molecular weight excluding hydrogens is 310 g/mol. The molecule has 0 aromatic heterocycles. The van der Waals surface area contributed by atoms with E-state index >= 15 is 0 Å². The Balaban J connectivity index is 2.52. The predicted octanol–water partition coefficient (Wildman–Crippen LogP) is 0.197. The van der Waals surface area contributed by atoms with Crippen LogP contribution in [0.2, 0.25) is 0 Å². The number of sulfonamides is 1. The van der Waals surface area contributed by atoms with E-state index < -0.39 is 28.1 Å². The fourth-order valence-corrected chi connectivity index (χ4v) is 3.65. The first-order valence-electron chi connectivity index (χ1n) is 6.51. The molecule has 0 fully saturated rings. The van der Waals surface area contributed by atoms with Gasteiger partial charge >= 0.3 is 5.97 Å². The summed E-state index contributed by atoms with van der Waals surface area (Å²) in [4.78, 5) is 14.9. The molecule has 0 saturated carbocycles. The van der Waals surface area contributed by atoms with Crippen LogP contribution in [0, 0.1) is 13.8 Å². The van der Waals surface area contributed by atoms with Crippen molar-refractivity contribution in [1.82, 2.24) is 4.72 Å². The Bertz CT molecular complexity index is 755. The molecule has 1 aliphatic heterocycles. The van der Waals surface area contributed by atoms with E-state index in [-0.39, 0.29) is 10.9 Å². The van der Waals surface area contributed by atoms with Crippen LogP contribution in [0.3, 0.4) is 0 Å². The number of nitrogens with one attached hydrogen (secondary N) is 2. The molecule has 0 amide bonds. The summed E-state index contributed by atoms with van der Waals surface area (Å²) in [6.07, 6.45) is -1.27. The van der Waals surface area contributed by atoms with E-state index in [1.807, 2.05) is 6.92 Å². The quantitative estimate of drug-likeness (QED) is 0.628. The summed E-state index contributed by atoms with van der Waals surface area (Å²) in [7, 11) is -3.85. The number of aliphatic carboxylic acids is 1. The molecule has 2 atom stereocenters. The Hall–Kier alpha value is -2.13. The van der Waals surface area contributed by atoms with Crippen LogP contribution in [0.4, 0.5) is 5.69 Å². The maximum Gasteiger partial charge on any atom is 0.331 e. The summed E-state index contributed by atoms with van der Waals surface area (Å²) in [5.74, 6) is -1.58. The molecule has 1 aromatic carbocycles. The Morgan fingerprint density at radius 1 is 1.32 bits per heavy atom. The summed E-state index contributed by atoms with van der Waals surface area (Å²) >= 11 is 0. The van der Waals surface area contributed by atoms with Gasteiger partial charge in [-0.05, 0) is 38.0 Å². The minimum absolute atomic E-state index is 0.0981. The van der Waals surface area contributed by atoms with Gasteiger partial charge in [-0.3, -0.25) is 0 Å². The van der Waals surface area contributed by atoms with E-state index in [9.17, 15) is 18.3 Å². The lowest BCUT2D eigenvalue weighted by Crippen LogP contribution is -2.43. The molecule has 1 aromatic rings. The number of carboxylic acids is 1. The molecule has 22 heavy (non-hydrogen) atoms. The maximum absolute atomic E-state index is 12.3. The Labute approximate surface area is 127 Å². The minimum atomic E-state index is -3.85. The standard InChI is InChI=1S/C13H17N3O5S/c1-6-4-7(2)11-9(5-6)14-13(16-22(11,20)21)15-10(8(3)17)12(18)19/h4-5,8,10,17H,1-3H3,(H,18,19)(H2,14,15,16). The van der Waals surface area contributed by atoms with E-state index in [1.54, 1.807) is 19.1 Å². The normalized spacial score (nSPS) is 20.5. The Morgan fingerprint density at radius 3 is 2.50 bits per heavy atom.